The van der Waals surface area contributed by atoms with Crippen molar-refractivity contribution in [1.82, 2.24) is 15.0 Å². The summed E-state index contributed by atoms with van der Waals surface area (Å²) in [5.74, 6) is 1.73. The van der Waals surface area contributed by atoms with E-state index in [4.69, 9.17) is 10.5 Å². The lowest BCUT2D eigenvalue weighted by atomic mass is 9.94. The lowest BCUT2D eigenvalue weighted by molar-refractivity contribution is 0.0995. The van der Waals surface area contributed by atoms with E-state index in [1.165, 1.54) is 24.1 Å². The molecule has 0 aromatic carbocycles. The summed E-state index contributed by atoms with van der Waals surface area (Å²) in [5, 5.41) is 0. The third kappa shape index (κ3) is 4.02. The minimum absolute atomic E-state index is 0.232. The Morgan fingerprint density at radius 3 is 2.81 bits per heavy atom. The van der Waals surface area contributed by atoms with Crippen molar-refractivity contribution in [3.63, 3.8) is 0 Å². The van der Waals surface area contributed by atoms with Gasteiger partial charge in [0.25, 0.3) is 5.91 Å². The number of nitrogens with two attached hydrogens (primary N) is 1. The van der Waals surface area contributed by atoms with Crippen molar-refractivity contribution < 1.29 is 9.53 Å². The van der Waals surface area contributed by atoms with Crippen molar-refractivity contribution >= 4 is 11.7 Å². The third-order valence-corrected chi connectivity index (χ3v) is 5.49. The number of carbonyl (C=O) groups excluding carboxylic acids is 1. The highest BCUT2D eigenvalue weighted by atomic mass is 16.5. The number of piperidine rings is 1. The first-order valence-electron chi connectivity index (χ1n) is 9.67. The number of primary amides is 1. The molecule has 2 aromatic rings. The summed E-state index contributed by atoms with van der Waals surface area (Å²) in [6.07, 6.45) is 10.0. The lowest BCUT2D eigenvalue weighted by Gasteiger charge is -2.34. The Kier molecular flexibility index (Phi) is 5.18. The number of carbonyl (C=O) groups is 1. The maximum Gasteiger partial charge on any atom is 0.267 e. The van der Waals surface area contributed by atoms with Gasteiger partial charge in [0, 0.05) is 36.6 Å². The second-order valence-electron chi connectivity index (χ2n) is 7.31. The summed E-state index contributed by atoms with van der Waals surface area (Å²) in [6, 6.07) is 3.36. The van der Waals surface area contributed by atoms with E-state index in [1.54, 1.807) is 24.7 Å². The first-order valence-corrected chi connectivity index (χ1v) is 9.67. The molecule has 2 N–H and O–H groups in total. The van der Waals surface area contributed by atoms with Gasteiger partial charge in [-0.15, -0.1) is 0 Å². The Bertz CT molecular complexity index is 818. The minimum atomic E-state index is -0.540. The monoisotopic (exact) mass is 367 g/mol. The largest absolute Gasteiger partial charge is 0.493 e. The Labute approximate surface area is 159 Å². The number of rotatable bonds is 5. The van der Waals surface area contributed by atoms with Crippen molar-refractivity contribution in [1.29, 1.82) is 0 Å². The molecule has 1 aliphatic carbocycles. The van der Waals surface area contributed by atoms with Crippen molar-refractivity contribution in [2.24, 2.45) is 11.7 Å². The van der Waals surface area contributed by atoms with Crippen LogP contribution in [0.2, 0.25) is 0 Å². The molecule has 1 aliphatic heterocycles. The first kappa shape index (κ1) is 17.7. The summed E-state index contributed by atoms with van der Waals surface area (Å²) < 4.78 is 5.88. The Balaban J connectivity index is 1.33. The Morgan fingerprint density at radius 2 is 2.00 bits per heavy atom. The molecule has 1 amide bonds. The molecule has 7 nitrogen and oxygen atoms in total. The number of fused-ring (bicyclic) bond motifs is 1. The fraction of sp³-hybridized carbons (Fsp3) is 0.500. The van der Waals surface area contributed by atoms with Crippen LogP contribution < -0.4 is 15.4 Å². The molecular weight excluding hydrogens is 342 g/mol. The molecule has 0 unspecified atom stereocenters. The molecule has 2 aliphatic rings. The second-order valence-corrected chi connectivity index (χ2v) is 7.31. The average Bonchev–Trinajstić information content (AvgIpc) is 2.72. The van der Waals surface area contributed by atoms with Gasteiger partial charge in [0.05, 0.1) is 6.61 Å². The van der Waals surface area contributed by atoms with E-state index in [0.717, 1.165) is 44.6 Å². The molecule has 2 aromatic heterocycles. The molecule has 0 bridgehead atoms. The SMILES string of the molecule is NC(=O)c1cc(OCC2CCN(c3ncnc4c3CCCC4)CC2)ccn1. The summed E-state index contributed by atoms with van der Waals surface area (Å²) in [4.78, 5) is 26.6. The molecule has 27 heavy (non-hydrogen) atoms. The highest BCUT2D eigenvalue weighted by Crippen LogP contribution is 2.30. The zero-order valence-electron chi connectivity index (χ0n) is 15.4. The summed E-state index contributed by atoms with van der Waals surface area (Å²) in [7, 11) is 0. The number of aryl methyl sites for hydroxylation is 1. The van der Waals surface area contributed by atoms with Crippen LogP contribution in [0.4, 0.5) is 5.82 Å². The normalized spacial score (nSPS) is 17.4. The Hall–Kier alpha value is -2.70. The zero-order chi connectivity index (χ0) is 18.6. The van der Waals surface area contributed by atoms with Crippen molar-refractivity contribution in [3.8, 4) is 5.75 Å². The van der Waals surface area contributed by atoms with Gasteiger partial charge in [0.15, 0.2) is 0 Å². The number of pyridine rings is 1. The number of nitrogens with zero attached hydrogens (tertiary/aromatic N) is 4. The zero-order valence-corrected chi connectivity index (χ0v) is 15.4. The quantitative estimate of drug-likeness (QED) is 0.870. The molecule has 1 fully saturated rings. The first-order chi connectivity index (χ1) is 13.2. The van der Waals surface area contributed by atoms with Crippen LogP contribution in [-0.4, -0.2) is 40.6 Å². The van der Waals surface area contributed by atoms with E-state index in [9.17, 15) is 4.79 Å². The van der Waals surface area contributed by atoms with E-state index in [0.29, 0.717) is 18.3 Å². The lowest BCUT2D eigenvalue weighted by Crippen LogP contribution is -2.37. The van der Waals surface area contributed by atoms with E-state index < -0.39 is 5.91 Å². The van der Waals surface area contributed by atoms with Crippen LogP contribution in [0.15, 0.2) is 24.7 Å². The van der Waals surface area contributed by atoms with Crippen LogP contribution in [0.5, 0.6) is 5.75 Å². The van der Waals surface area contributed by atoms with E-state index in [-0.39, 0.29) is 5.69 Å². The van der Waals surface area contributed by atoms with Crippen molar-refractivity contribution in [3.05, 3.63) is 41.6 Å². The van der Waals surface area contributed by atoms with E-state index >= 15 is 0 Å². The molecule has 142 valence electrons. The van der Waals surface area contributed by atoms with Gasteiger partial charge in [-0.25, -0.2) is 9.97 Å². The fourth-order valence-corrected chi connectivity index (χ4v) is 3.94. The van der Waals surface area contributed by atoms with Gasteiger partial charge in [-0.2, -0.15) is 0 Å². The predicted octanol–water partition coefficient (Wildman–Crippen LogP) is 2.14. The number of hydrogen-bond acceptors (Lipinski definition) is 6. The number of hydrogen-bond donors (Lipinski definition) is 1. The van der Waals surface area contributed by atoms with Gasteiger partial charge in [-0.05, 0) is 50.5 Å². The average molecular weight is 367 g/mol. The Morgan fingerprint density at radius 1 is 1.19 bits per heavy atom. The van der Waals surface area contributed by atoms with Crippen LogP contribution in [0.1, 0.15) is 47.4 Å². The van der Waals surface area contributed by atoms with Gasteiger partial charge in [-0.1, -0.05) is 0 Å². The molecule has 0 atom stereocenters. The molecule has 4 rings (SSSR count). The van der Waals surface area contributed by atoms with Crippen LogP contribution in [0, 0.1) is 5.92 Å². The summed E-state index contributed by atoms with van der Waals surface area (Å²) in [5.41, 5.74) is 8.09. The van der Waals surface area contributed by atoms with Crippen molar-refractivity contribution in [2.45, 2.75) is 38.5 Å². The molecule has 7 heteroatoms. The maximum absolute atomic E-state index is 11.2. The number of aromatic nitrogens is 3. The minimum Gasteiger partial charge on any atom is -0.493 e. The van der Waals surface area contributed by atoms with Crippen molar-refractivity contribution in [2.75, 3.05) is 24.6 Å². The van der Waals surface area contributed by atoms with Crippen LogP contribution in [-0.2, 0) is 12.8 Å². The number of ether oxygens (including phenoxy) is 1. The van der Waals surface area contributed by atoms with Gasteiger partial charge in [0.1, 0.15) is 23.6 Å². The molecule has 0 radical (unpaired) electrons. The van der Waals surface area contributed by atoms with Gasteiger partial charge >= 0.3 is 0 Å². The molecule has 0 spiro atoms. The number of anilines is 1. The van der Waals surface area contributed by atoms with Crippen LogP contribution in [0.3, 0.4) is 0 Å². The van der Waals surface area contributed by atoms with Gasteiger partial charge in [-0.3, -0.25) is 9.78 Å². The van der Waals surface area contributed by atoms with Crippen LogP contribution in [0.25, 0.3) is 0 Å². The fourth-order valence-electron chi connectivity index (χ4n) is 3.94. The van der Waals surface area contributed by atoms with E-state index in [2.05, 4.69) is 19.9 Å². The molecule has 1 saturated heterocycles. The molecule has 3 heterocycles. The third-order valence-electron chi connectivity index (χ3n) is 5.49. The number of amides is 1. The second kappa shape index (κ2) is 7.90. The summed E-state index contributed by atoms with van der Waals surface area (Å²) >= 11 is 0. The highest BCUT2D eigenvalue weighted by Gasteiger charge is 2.25. The van der Waals surface area contributed by atoms with Gasteiger partial charge < -0.3 is 15.4 Å². The summed E-state index contributed by atoms with van der Waals surface area (Å²) in [6.45, 7) is 2.61. The van der Waals surface area contributed by atoms with E-state index in [1.807, 2.05) is 0 Å². The van der Waals surface area contributed by atoms with Crippen LogP contribution >= 0.6 is 0 Å². The molecular formula is C20H25N5O2. The maximum atomic E-state index is 11.2. The highest BCUT2D eigenvalue weighted by molar-refractivity contribution is 5.91. The predicted molar refractivity (Wildman–Crippen MR) is 102 cm³/mol. The molecule has 0 saturated carbocycles. The van der Waals surface area contributed by atoms with Gasteiger partial charge in [0.2, 0.25) is 0 Å². The standard InChI is InChI=1S/C20H25N5O2/c21-19(26)18-11-15(5-8-22-18)27-12-14-6-9-25(10-7-14)20-16-3-1-2-4-17(16)23-13-24-20/h5,8,11,13-14H,1-4,6-7,9-10,12H2,(H2,21,26). The topological polar surface area (TPSA) is 94.2 Å². The smallest absolute Gasteiger partial charge is 0.267 e.